The van der Waals surface area contributed by atoms with Crippen molar-refractivity contribution in [2.45, 2.75) is 57.6 Å². The van der Waals surface area contributed by atoms with Crippen LogP contribution in [0.5, 0.6) is 0 Å². The molecule has 1 aromatic rings. The smallest absolute Gasteiger partial charge is 0.308 e. The average molecular weight is 337 g/mol. The van der Waals surface area contributed by atoms with Crippen molar-refractivity contribution in [2.24, 2.45) is 5.92 Å². The van der Waals surface area contributed by atoms with Gasteiger partial charge in [-0.15, -0.1) is 11.3 Å². The number of hydrogen-bond acceptors (Lipinski definition) is 4. The van der Waals surface area contributed by atoms with E-state index in [1.165, 1.54) is 16.2 Å². The summed E-state index contributed by atoms with van der Waals surface area (Å²) in [5, 5.41) is 12.5. The monoisotopic (exact) mass is 337 g/mol. The number of nitrogens with one attached hydrogen (secondary N) is 1. The van der Waals surface area contributed by atoms with Crippen molar-refractivity contribution in [1.82, 2.24) is 5.32 Å². The number of carboxylic acids is 1. The van der Waals surface area contributed by atoms with Gasteiger partial charge in [-0.3, -0.25) is 9.59 Å². The van der Waals surface area contributed by atoms with E-state index >= 15 is 0 Å². The molecule has 2 heterocycles. The summed E-state index contributed by atoms with van der Waals surface area (Å²) in [7, 11) is 0. The summed E-state index contributed by atoms with van der Waals surface area (Å²) >= 11 is 1.51. The first-order valence-electron chi connectivity index (χ1n) is 8.38. The largest absolute Gasteiger partial charge is 0.481 e. The van der Waals surface area contributed by atoms with Crippen LogP contribution in [0.4, 0.5) is 0 Å². The molecule has 0 saturated heterocycles. The van der Waals surface area contributed by atoms with E-state index in [9.17, 15) is 14.7 Å². The molecule has 2 aliphatic rings. The Morgan fingerprint density at radius 3 is 2.74 bits per heavy atom. The van der Waals surface area contributed by atoms with Crippen LogP contribution in [0.3, 0.4) is 0 Å². The minimum atomic E-state index is -0.795. The van der Waals surface area contributed by atoms with Crippen molar-refractivity contribution in [2.75, 3.05) is 6.61 Å². The summed E-state index contributed by atoms with van der Waals surface area (Å²) in [6.07, 6.45) is 6.35. The van der Waals surface area contributed by atoms with Crippen LogP contribution in [0, 0.1) is 5.92 Å². The topological polar surface area (TPSA) is 75.6 Å². The van der Waals surface area contributed by atoms with Gasteiger partial charge >= 0.3 is 5.97 Å². The first kappa shape index (κ1) is 16.5. The number of carbonyl (C=O) groups excluding carboxylic acids is 1. The van der Waals surface area contributed by atoms with Crippen LogP contribution in [0.2, 0.25) is 0 Å². The van der Waals surface area contributed by atoms with E-state index in [1.54, 1.807) is 0 Å². The quantitative estimate of drug-likeness (QED) is 0.889. The van der Waals surface area contributed by atoms with Gasteiger partial charge in [0, 0.05) is 17.3 Å². The van der Waals surface area contributed by atoms with Crippen molar-refractivity contribution in [3.05, 3.63) is 21.4 Å². The van der Waals surface area contributed by atoms with E-state index < -0.39 is 11.9 Å². The Labute approximate surface area is 140 Å². The van der Waals surface area contributed by atoms with Crippen LogP contribution in [-0.2, 0) is 22.6 Å². The molecule has 1 aliphatic carbocycles. The maximum Gasteiger partial charge on any atom is 0.308 e. The van der Waals surface area contributed by atoms with Gasteiger partial charge in [-0.1, -0.05) is 25.7 Å². The first-order chi connectivity index (χ1) is 11.1. The number of aliphatic carboxylic acids is 1. The Balaban J connectivity index is 1.71. The lowest BCUT2D eigenvalue weighted by Crippen LogP contribution is -2.43. The van der Waals surface area contributed by atoms with Crippen LogP contribution >= 0.6 is 11.3 Å². The molecule has 3 rings (SSSR count). The van der Waals surface area contributed by atoms with E-state index in [2.05, 4.69) is 5.32 Å². The SMILES string of the molecule is O=C(NC1CCCCCCC1C(=O)O)c1cc2c(s1)CCOC2. The second-order valence-corrected chi connectivity index (χ2v) is 7.51. The van der Waals surface area contributed by atoms with E-state index in [0.717, 1.165) is 44.1 Å². The Kier molecular flexibility index (Phi) is 5.33. The minimum Gasteiger partial charge on any atom is -0.481 e. The minimum absolute atomic E-state index is 0.138. The van der Waals surface area contributed by atoms with Crippen molar-refractivity contribution in [3.8, 4) is 0 Å². The van der Waals surface area contributed by atoms with E-state index in [1.807, 2.05) is 6.07 Å². The lowest BCUT2D eigenvalue weighted by atomic mass is 9.86. The van der Waals surface area contributed by atoms with E-state index in [4.69, 9.17) is 4.74 Å². The van der Waals surface area contributed by atoms with Crippen LogP contribution < -0.4 is 5.32 Å². The Morgan fingerprint density at radius 2 is 2.00 bits per heavy atom. The molecule has 2 N–H and O–H groups in total. The molecule has 1 aromatic heterocycles. The summed E-state index contributed by atoms with van der Waals surface area (Å²) in [5.74, 6) is -1.41. The molecule has 0 bridgehead atoms. The van der Waals surface area contributed by atoms with Crippen LogP contribution in [-0.4, -0.2) is 29.6 Å². The average Bonchev–Trinajstić information content (AvgIpc) is 2.93. The summed E-state index contributed by atoms with van der Waals surface area (Å²) in [4.78, 5) is 26.0. The molecule has 1 aliphatic heterocycles. The molecule has 0 spiro atoms. The van der Waals surface area contributed by atoms with Crippen molar-refractivity contribution >= 4 is 23.2 Å². The van der Waals surface area contributed by atoms with Gasteiger partial charge in [0.1, 0.15) is 0 Å². The first-order valence-corrected chi connectivity index (χ1v) is 9.20. The Hall–Kier alpha value is -1.40. The highest BCUT2D eigenvalue weighted by Crippen LogP contribution is 2.28. The third kappa shape index (κ3) is 3.93. The third-order valence-corrected chi connectivity index (χ3v) is 5.99. The Morgan fingerprint density at radius 1 is 1.22 bits per heavy atom. The molecule has 1 amide bonds. The number of carbonyl (C=O) groups is 2. The van der Waals surface area contributed by atoms with Gasteiger partial charge in [-0.05, 0) is 24.5 Å². The molecular formula is C17H23NO4S. The lowest BCUT2D eigenvalue weighted by molar-refractivity contribution is -0.143. The maximum atomic E-state index is 12.6. The molecule has 2 atom stereocenters. The summed E-state index contributed by atoms with van der Waals surface area (Å²) in [5.41, 5.74) is 1.10. The fourth-order valence-corrected chi connectivity index (χ4v) is 4.50. The molecule has 1 fully saturated rings. The van der Waals surface area contributed by atoms with Gasteiger partial charge in [0.05, 0.1) is 24.0 Å². The van der Waals surface area contributed by atoms with Crippen LogP contribution in [0.25, 0.3) is 0 Å². The van der Waals surface area contributed by atoms with E-state index in [0.29, 0.717) is 24.5 Å². The van der Waals surface area contributed by atoms with Gasteiger partial charge in [0.15, 0.2) is 0 Å². The fraction of sp³-hybridized carbons (Fsp3) is 0.647. The van der Waals surface area contributed by atoms with Gasteiger partial charge in [0.2, 0.25) is 0 Å². The van der Waals surface area contributed by atoms with Gasteiger partial charge in [-0.25, -0.2) is 0 Å². The normalized spacial score (nSPS) is 25.0. The predicted octanol–water partition coefficient (Wildman–Crippen LogP) is 2.97. The van der Waals surface area contributed by atoms with Crippen molar-refractivity contribution in [1.29, 1.82) is 0 Å². The molecular weight excluding hydrogens is 314 g/mol. The zero-order chi connectivity index (χ0) is 16.2. The zero-order valence-electron chi connectivity index (χ0n) is 13.2. The summed E-state index contributed by atoms with van der Waals surface area (Å²) < 4.78 is 5.42. The molecule has 0 radical (unpaired) electrons. The molecule has 2 unspecified atom stereocenters. The van der Waals surface area contributed by atoms with Crippen LogP contribution in [0.15, 0.2) is 6.07 Å². The maximum absolute atomic E-state index is 12.6. The zero-order valence-corrected chi connectivity index (χ0v) is 14.0. The van der Waals surface area contributed by atoms with Gasteiger partial charge in [0.25, 0.3) is 5.91 Å². The predicted molar refractivity (Wildman–Crippen MR) is 87.8 cm³/mol. The summed E-state index contributed by atoms with van der Waals surface area (Å²) in [6, 6.07) is 1.63. The number of hydrogen-bond donors (Lipinski definition) is 2. The highest BCUT2D eigenvalue weighted by molar-refractivity contribution is 7.14. The summed E-state index contributed by atoms with van der Waals surface area (Å²) in [6.45, 7) is 1.28. The number of fused-ring (bicyclic) bond motifs is 1. The highest BCUT2D eigenvalue weighted by Gasteiger charge is 2.30. The molecule has 5 nitrogen and oxygen atoms in total. The molecule has 126 valence electrons. The van der Waals surface area contributed by atoms with Crippen molar-refractivity contribution in [3.63, 3.8) is 0 Å². The van der Waals surface area contributed by atoms with Gasteiger partial charge in [-0.2, -0.15) is 0 Å². The third-order valence-electron chi connectivity index (χ3n) is 4.75. The number of rotatable bonds is 3. The van der Waals surface area contributed by atoms with Gasteiger partial charge < -0.3 is 15.2 Å². The van der Waals surface area contributed by atoms with Crippen LogP contribution in [0.1, 0.15) is 58.6 Å². The molecule has 23 heavy (non-hydrogen) atoms. The second-order valence-electron chi connectivity index (χ2n) is 6.38. The Bertz CT molecular complexity index is 560. The molecule has 6 heteroatoms. The number of carboxylic acid groups (broad SMARTS) is 1. The van der Waals surface area contributed by atoms with Crippen molar-refractivity contribution < 1.29 is 19.4 Å². The number of ether oxygens (including phenoxy) is 1. The number of thiophene rings is 1. The van der Waals surface area contributed by atoms with E-state index in [-0.39, 0.29) is 11.9 Å². The number of amides is 1. The molecule has 0 aromatic carbocycles. The highest BCUT2D eigenvalue weighted by atomic mass is 32.1. The molecule has 1 saturated carbocycles. The lowest BCUT2D eigenvalue weighted by Gasteiger charge is -2.27. The standard InChI is InChI=1S/C17H23NO4S/c19-16(15-9-11-10-22-8-7-14(11)23-15)18-13-6-4-2-1-3-5-12(13)17(20)21/h9,12-13H,1-8,10H2,(H,18,19)(H,20,21). The second kappa shape index (κ2) is 7.45. The fourth-order valence-electron chi connectivity index (χ4n) is 3.45.